The van der Waals surface area contributed by atoms with Gasteiger partial charge in [0.1, 0.15) is 0 Å². The predicted molar refractivity (Wildman–Crippen MR) is 60.7 cm³/mol. The third-order valence-electron chi connectivity index (χ3n) is 2.86. The first-order valence-electron chi connectivity index (χ1n) is 5.99. The van der Waals surface area contributed by atoms with E-state index in [-0.39, 0.29) is 6.29 Å². The van der Waals surface area contributed by atoms with E-state index in [1.54, 1.807) is 0 Å². The van der Waals surface area contributed by atoms with E-state index in [2.05, 4.69) is 4.90 Å². The maximum Gasteiger partial charge on any atom is 0.170 e. The normalized spacial score (nSPS) is 22.8. The first-order valence-corrected chi connectivity index (χ1v) is 5.99. The van der Waals surface area contributed by atoms with Gasteiger partial charge in [-0.15, -0.1) is 0 Å². The minimum absolute atomic E-state index is 0.0906. The maximum atomic E-state index is 5.72. The summed E-state index contributed by atoms with van der Waals surface area (Å²) in [7, 11) is 0. The van der Waals surface area contributed by atoms with Crippen LogP contribution in [0.5, 0.6) is 0 Å². The van der Waals surface area contributed by atoms with Gasteiger partial charge >= 0.3 is 0 Å². The molecular weight excluding hydrogens is 192 g/mol. The zero-order valence-corrected chi connectivity index (χ0v) is 9.95. The lowest BCUT2D eigenvalue weighted by atomic mass is 10.2. The van der Waals surface area contributed by atoms with Gasteiger partial charge in [-0.25, -0.2) is 0 Å². The first kappa shape index (κ1) is 12.9. The highest BCUT2D eigenvalue weighted by Gasteiger charge is 2.25. The molecule has 0 aromatic carbocycles. The molecule has 0 saturated carbocycles. The highest BCUT2D eigenvalue weighted by molar-refractivity contribution is 4.80. The zero-order chi connectivity index (χ0) is 11.1. The second kappa shape index (κ2) is 7.17. The Kier molecular flexibility index (Phi) is 6.17. The Labute approximate surface area is 92.7 Å². The predicted octanol–water partition coefficient (Wildman–Crippen LogP) is 0.809. The number of nitrogens with two attached hydrogens (primary N) is 1. The van der Waals surface area contributed by atoms with Gasteiger partial charge in [0.15, 0.2) is 6.29 Å². The average molecular weight is 216 g/mol. The number of nitrogens with zero attached hydrogens (tertiary/aromatic N) is 1. The molecule has 1 aliphatic rings. The van der Waals surface area contributed by atoms with Crippen LogP contribution in [-0.4, -0.2) is 50.1 Å². The molecule has 4 heteroatoms. The van der Waals surface area contributed by atoms with Gasteiger partial charge in [-0.05, 0) is 33.2 Å². The molecule has 0 bridgehead atoms. The molecule has 2 N–H and O–H groups in total. The van der Waals surface area contributed by atoms with Gasteiger partial charge in [0.05, 0.1) is 0 Å². The van der Waals surface area contributed by atoms with Crippen LogP contribution in [0, 0.1) is 0 Å². The van der Waals surface area contributed by atoms with Gasteiger partial charge in [-0.2, -0.15) is 0 Å². The number of likely N-dealkylation sites (tertiary alicyclic amines) is 1. The van der Waals surface area contributed by atoms with Gasteiger partial charge in [0, 0.05) is 32.3 Å². The van der Waals surface area contributed by atoms with Crippen molar-refractivity contribution in [2.75, 3.05) is 32.8 Å². The summed E-state index contributed by atoms with van der Waals surface area (Å²) in [5.74, 6) is 0. The summed E-state index contributed by atoms with van der Waals surface area (Å²) < 4.78 is 11.1. The van der Waals surface area contributed by atoms with E-state index in [0.717, 1.165) is 19.6 Å². The van der Waals surface area contributed by atoms with Crippen LogP contribution in [0.25, 0.3) is 0 Å². The summed E-state index contributed by atoms with van der Waals surface area (Å²) in [5.41, 5.74) is 5.72. The van der Waals surface area contributed by atoms with E-state index in [0.29, 0.717) is 19.3 Å². The molecular formula is C11H24N2O2. The van der Waals surface area contributed by atoms with Gasteiger partial charge in [0.2, 0.25) is 0 Å². The van der Waals surface area contributed by atoms with Crippen LogP contribution in [0.3, 0.4) is 0 Å². The topological polar surface area (TPSA) is 47.7 Å². The van der Waals surface area contributed by atoms with Crippen LogP contribution in [0.2, 0.25) is 0 Å². The molecule has 0 aromatic rings. The van der Waals surface area contributed by atoms with Crippen molar-refractivity contribution in [1.82, 2.24) is 4.90 Å². The van der Waals surface area contributed by atoms with E-state index in [1.165, 1.54) is 12.8 Å². The van der Waals surface area contributed by atoms with Gasteiger partial charge < -0.3 is 15.2 Å². The molecule has 1 aliphatic heterocycles. The molecule has 4 nitrogen and oxygen atoms in total. The molecule has 0 spiro atoms. The molecule has 1 heterocycles. The largest absolute Gasteiger partial charge is 0.352 e. The SMILES string of the molecule is CCOC(CN1CCCC1CN)OCC. The summed E-state index contributed by atoms with van der Waals surface area (Å²) in [6.45, 7) is 8.11. The Balaban J connectivity index is 2.35. The average Bonchev–Trinajstić information content (AvgIpc) is 2.66. The highest BCUT2D eigenvalue weighted by atomic mass is 16.7. The van der Waals surface area contributed by atoms with Crippen molar-refractivity contribution in [2.24, 2.45) is 5.73 Å². The standard InChI is InChI=1S/C11H24N2O2/c1-3-14-11(15-4-2)9-13-7-5-6-10(13)8-12/h10-11H,3-9,12H2,1-2H3. The molecule has 90 valence electrons. The lowest BCUT2D eigenvalue weighted by molar-refractivity contribution is -0.148. The summed E-state index contributed by atoms with van der Waals surface area (Å²) in [6.07, 6.45) is 2.36. The third-order valence-corrected chi connectivity index (χ3v) is 2.86. The molecule has 1 atom stereocenters. The lowest BCUT2D eigenvalue weighted by Crippen LogP contribution is -2.41. The molecule has 0 aliphatic carbocycles. The number of hydrogen-bond acceptors (Lipinski definition) is 4. The number of ether oxygens (including phenoxy) is 2. The fourth-order valence-corrected chi connectivity index (χ4v) is 2.12. The molecule has 1 unspecified atom stereocenters. The molecule has 0 amide bonds. The van der Waals surface area contributed by atoms with Gasteiger partial charge in [-0.1, -0.05) is 0 Å². The van der Waals surface area contributed by atoms with E-state index >= 15 is 0 Å². The van der Waals surface area contributed by atoms with Gasteiger partial charge in [0.25, 0.3) is 0 Å². The van der Waals surface area contributed by atoms with E-state index in [9.17, 15) is 0 Å². The van der Waals surface area contributed by atoms with Crippen LogP contribution < -0.4 is 5.73 Å². The fraction of sp³-hybridized carbons (Fsp3) is 1.00. The summed E-state index contributed by atoms with van der Waals surface area (Å²) in [6, 6.07) is 0.522. The van der Waals surface area contributed by atoms with E-state index in [4.69, 9.17) is 15.2 Å². The van der Waals surface area contributed by atoms with Crippen molar-refractivity contribution < 1.29 is 9.47 Å². The Morgan fingerprint density at radius 1 is 1.33 bits per heavy atom. The van der Waals surface area contributed by atoms with Crippen LogP contribution in [-0.2, 0) is 9.47 Å². The van der Waals surface area contributed by atoms with Crippen LogP contribution in [0.15, 0.2) is 0 Å². The van der Waals surface area contributed by atoms with Crippen molar-refractivity contribution in [3.05, 3.63) is 0 Å². The van der Waals surface area contributed by atoms with E-state index < -0.39 is 0 Å². The quantitative estimate of drug-likeness (QED) is 0.640. The number of hydrogen-bond donors (Lipinski definition) is 1. The Bertz CT molecular complexity index is 161. The van der Waals surface area contributed by atoms with E-state index in [1.807, 2.05) is 13.8 Å². The van der Waals surface area contributed by atoms with Crippen molar-refractivity contribution in [3.63, 3.8) is 0 Å². The van der Waals surface area contributed by atoms with Crippen LogP contribution in [0.1, 0.15) is 26.7 Å². The molecule has 1 saturated heterocycles. The monoisotopic (exact) mass is 216 g/mol. The Morgan fingerprint density at radius 2 is 2.00 bits per heavy atom. The van der Waals surface area contributed by atoms with Crippen LogP contribution >= 0.6 is 0 Å². The second-order valence-corrected chi connectivity index (χ2v) is 3.87. The summed E-state index contributed by atoms with van der Waals surface area (Å²) in [4.78, 5) is 2.38. The Hall–Kier alpha value is -0.160. The van der Waals surface area contributed by atoms with Crippen molar-refractivity contribution >= 4 is 0 Å². The maximum absolute atomic E-state index is 5.72. The number of rotatable bonds is 7. The molecule has 1 fully saturated rings. The highest BCUT2D eigenvalue weighted by Crippen LogP contribution is 2.17. The smallest absolute Gasteiger partial charge is 0.170 e. The second-order valence-electron chi connectivity index (χ2n) is 3.87. The van der Waals surface area contributed by atoms with Gasteiger partial charge in [-0.3, -0.25) is 4.90 Å². The Morgan fingerprint density at radius 3 is 2.53 bits per heavy atom. The first-order chi connectivity index (χ1) is 7.31. The third kappa shape index (κ3) is 4.07. The molecule has 1 rings (SSSR count). The van der Waals surface area contributed by atoms with Crippen LogP contribution in [0.4, 0.5) is 0 Å². The molecule has 15 heavy (non-hydrogen) atoms. The van der Waals surface area contributed by atoms with Crippen molar-refractivity contribution in [2.45, 2.75) is 39.0 Å². The minimum Gasteiger partial charge on any atom is -0.352 e. The minimum atomic E-state index is -0.0906. The van der Waals surface area contributed by atoms with Crippen molar-refractivity contribution in [1.29, 1.82) is 0 Å². The molecule has 0 aromatic heterocycles. The fourth-order valence-electron chi connectivity index (χ4n) is 2.12. The van der Waals surface area contributed by atoms with Crippen molar-refractivity contribution in [3.8, 4) is 0 Å². The lowest BCUT2D eigenvalue weighted by Gasteiger charge is -2.27. The summed E-state index contributed by atoms with van der Waals surface area (Å²) >= 11 is 0. The summed E-state index contributed by atoms with van der Waals surface area (Å²) in [5, 5.41) is 0. The zero-order valence-electron chi connectivity index (χ0n) is 9.95. The molecule has 0 radical (unpaired) electrons.